The van der Waals surface area contributed by atoms with Crippen LogP contribution in [0.1, 0.15) is 20.8 Å². The Hall–Kier alpha value is -3.57. The first-order chi connectivity index (χ1) is 16.7. The summed E-state index contributed by atoms with van der Waals surface area (Å²) in [5.41, 5.74) is 2.53. The minimum absolute atomic E-state index is 0.126. The smallest absolute Gasteiger partial charge is 0.315 e. The van der Waals surface area contributed by atoms with Gasteiger partial charge >= 0.3 is 5.69 Å². The topological polar surface area (TPSA) is 104 Å². The third-order valence-corrected chi connectivity index (χ3v) is 7.57. The second-order valence-corrected chi connectivity index (χ2v) is 9.34. The lowest BCUT2D eigenvalue weighted by Gasteiger charge is -2.35. The molecular weight excluding hydrogens is 466 g/mol. The van der Waals surface area contributed by atoms with Crippen LogP contribution in [0.15, 0.2) is 45.6 Å². The SMILES string of the molecule is CC[N+](CC)(CC)c1ccc(-c2csc(NC(=O)Cn3cnc4c3c(=O)n(C)c(=O)n4C)n2)cc1. The van der Waals surface area contributed by atoms with Crippen molar-refractivity contribution in [1.29, 1.82) is 0 Å². The van der Waals surface area contributed by atoms with Gasteiger partial charge in [0.25, 0.3) is 5.56 Å². The number of carbonyl (C=O) groups is 1. The van der Waals surface area contributed by atoms with E-state index in [0.717, 1.165) is 39.9 Å². The maximum absolute atomic E-state index is 12.7. The lowest BCUT2D eigenvalue weighted by Crippen LogP contribution is -2.48. The minimum Gasteiger partial charge on any atom is -0.315 e. The maximum Gasteiger partial charge on any atom is 0.332 e. The summed E-state index contributed by atoms with van der Waals surface area (Å²) in [6.45, 7) is 9.61. The second-order valence-electron chi connectivity index (χ2n) is 8.48. The van der Waals surface area contributed by atoms with E-state index in [1.807, 2.05) is 5.38 Å². The van der Waals surface area contributed by atoms with E-state index in [-0.39, 0.29) is 23.6 Å². The van der Waals surface area contributed by atoms with Gasteiger partial charge < -0.3 is 9.88 Å². The first-order valence-electron chi connectivity index (χ1n) is 11.6. The molecule has 35 heavy (non-hydrogen) atoms. The number of aromatic nitrogens is 5. The number of amides is 1. The molecule has 11 heteroatoms. The fraction of sp³-hybridized carbons (Fsp3) is 0.375. The maximum atomic E-state index is 12.7. The lowest BCUT2D eigenvalue weighted by molar-refractivity contribution is -0.116. The molecule has 0 unspecified atom stereocenters. The van der Waals surface area contributed by atoms with Crippen LogP contribution in [-0.4, -0.2) is 49.2 Å². The average Bonchev–Trinajstić information content (AvgIpc) is 3.50. The van der Waals surface area contributed by atoms with Crippen molar-refractivity contribution in [3.05, 3.63) is 56.8 Å². The summed E-state index contributed by atoms with van der Waals surface area (Å²) in [6.07, 6.45) is 1.39. The monoisotopic (exact) mass is 496 g/mol. The standard InChI is InChI=1S/C24H29N7O3S/c1-6-31(7-2,8-3)17-11-9-16(10-12-17)18-14-35-23(26-18)27-19(32)13-30-15-25-21-20(30)22(33)29(5)24(34)28(21)4/h9-12,14-15H,6-8,13H2,1-5H3/p+1. The molecule has 10 nitrogen and oxygen atoms in total. The van der Waals surface area contributed by atoms with Crippen LogP contribution in [0.2, 0.25) is 0 Å². The molecule has 0 spiro atoms. The van der Waals surface area contributed by atoms with Crippen molar-refractivity contribution in [2.45, 2.75) is 27.3 Å². The van der Waals surface area contributed by atoms with E-state index in [1.54, 1.807) is 0 Å². The number of anilines is 1. The molecule has 0 aliphatic carbocycles. The Bertz CT molecular complexity index is 1480. The molecule has 0 radical (unpaired) electrons. The molecule has 0 fully saturated rings. The van der Waals surface area contributed by atoms with Gasteiger partial charge in [0.2, 0.25) is 5.91 Å². The summed E-state index contributed by atoms with van der Waals surface area (Å²) in [5.74, 6) is -0.340. The highest BCUT2D eigenvalue weighted by molar-refractivity contribution is 7.14. The highest BCUT2D eigenvalue weighted by Gasteiger charge is 2.24. The van der Waals surface area contributed by atoms with Crippen LogP contribution in [0.4, 0.5) is 10.8 Å². The van der Waals surface area contributed by atoms with Crippen molar-refractivity contribution >= 4 is 39.2 Å². The summed E-state index contributed by atoms with van der Waals surface area (Å²) in [5, 5.41) is 5.18. The summed E-state index contributed by atoms with van der Waals surface area (Å²) < 4.78 is 4.66. The number of nitrogens with zero attached hydrogens (tertiary/aromatic N) is 6. The van der Waals surface area contributed by atoms with E-state index >= 15 is 0 Å². The molecule has 0 aliphatic rings. The Morgan fingerprint density at radius 3 is 2.31 bits per heavy atom. The third-order valence-electron chi connectivity index (χ3n) is 6.81. The zero-order valence-electron chi connectivity index (χ0n) is 20.6. The molecule has 1 aromatic carbocycles. The predicted octanol–water partition coefficient (Wildman–Crippen LogP) is 2.56. The van der Waals surface area contributed by atoms with Crippen LogP contribution in [0, 0.1) is 0 Å². The van der Waals surface area contributed by atoms with E-state index in [0.29, 0.717) is 5.13 Å². The Balaban J connectivity index is 1.51. The van der Waals surface area contributed by atoms with Gasteiger partial charge in [0.15, 0.2) is 16.3 Å². The zero-order valence-corrected chi connectivity index (χ0v) is 21.4. The quantitative estimate of drug-likeness (QED) is 0.378. The molecule has 1 N–H and O–H groups in total. The van der Waals surface area contributed by atoms with Crippen molar-refractivity contribution in [3.63, 3.8) is 0 Å². The van der Waals surface area contributed by atoms with Crippen molar-refractivity contribution in [3.8, 4) is 11.3 Å². The van der Waals surface area contributed by atoms with Gasteiger partial charge in [-0.1, -0.05) is 0 Å². The van der Waals surface area contributed by atoms with Crippen LogP contribution in [0.3, 0.4) is 0 Å². The zero-order chi connectivity index (χ0) is 25.3. The molecule has 0 aliphatic heterocycles. The van der Waals surface area contributed by atoms with Gasteiger partial charge in [-0.3, -0.25) is 23.2 Å². The number of hydrogen-bond donors (Lipinski definition) is 1. The van der Waals surface area contributed by atoms with Crippen LogP contribution in [0.5, 0.6) is 0 Å². The second kappa shape index (κ2) is 9.59. The van der Waals surface area contributed by atoms with Crippen LogP contribution in [0.25, 0.3) is 22.4 Å². The summed E-state index contributed by atoms with van der Waals surface area (Å²) >= 11 is 1.34. The minimum atomic E-state index is -0.495. The van der Waals surface area contributed by atoms with E-state index in [2.05, 4.69) is 60.3 Å². The molecule has 0 bridgehead atoms. The Morgan fingerprint density at radius 2 is 1.69 bits per heavy atom. The van der Waals surface area contributed by atoms with E-state index < -0.39 is 11.2 Å². The number of benzene rings is 1. The number of nitrogens with one attached hydrogen (secondary N) is 1. The number of rotatable bonds is 8. The van der Waals surface area contributed by atoms with Gasteiger partial charge in [-0.05, 0) is 45.0 Å². The van der Waals surface area contributed by atoms with Gasteiger partial charge in [-0.15, -0.1) is 11.3 Å². The summed E-state index contributed by atoms with van der Waals surface area (Å²) in [7, 11) is 2.94. The molecule has 3 heterocycles. The Labute approximate surface area is 206 Å². The number of hydrogen-bond acceptors (Lipinski definition) is 6. The number of carbonyl (C=O) groups excluding carboxylic acids is 1. The van der Waals surface area contributed by atoms with E-state index in [9.17, 15) is 14.4 Å². The van der Waals surface area contributed by atoms with Gasteiger partial charge in [0.05, 0.1) is 31.7 Å². The van der Waals surface area contributed by atoms with Gasteiger partial charge in [0.1, 0.15) is 12.2 Å². The molecule has 3 aromatic heterocycles. The fourth-order valence-electron chi connectivity index (χ4n) is 4.46. The molecule has 184 valence electrons. The lowest BCUT2D eigenvalue weighted by atomic mass is 10.1. The van der Waals surface area contributed by atoms with Crippen LogP contribution in [-0.2, 0) is 25.4 Å². The number of thiazole rings is 1. The van der Waals surface area contributed by atoms with Crippen molar-refractivity contribution in [1.82, 2.24) is 28.2 Å². The highest BCUT2D eigenvalue weighted by Crippen LogP contribution is 2.29. The van der Waals surface area contributed by atoms with Crippen LogP contribution < -0.4 is 21.0 Å². The van der Waals surface area contributed by atoms with E-state index in [1.165, 1.54) is 46.6 Å². The first kappa shape index (κ1) is 24.6. The normalized spacial score (nSPS) is 11.8. The van der Waals surface area contributed by atoms with E-state index in [4.69, 9.17) is 0 Å². The summed E-state index contributed by atoms with van der Waals surface area (Å²) in [6, 6.07) is 8.45. The molecule has 0 saturated heterocycles. The number of imidazole rings is 1. The average molecular weight is 497 g/mol. The molecule has 0 atom stereocenters. The number of quaternary nitrogens is 1. The van der Waals surface area contributed by atoms with Crippen molar-refractivity contribution in [2.24, 2.45) is 14.1 Å². The Kier molecular flexibility index (Phi) is 6.73. The van der Waals surface area contributed by atoms with Crippen LogP contribution >= 0.6 is 11.3 Å². The molecule has 1 amide bonds. The van der Waals surface area contributed by atoms with Gasteiger partial charge in [0, 0.05) is 25.0 Å². The largest absolute Gasteiger partial charge is 0.332 e. The number of aryl methyl sites for hydroxylation is 1. The van der Waals surface area contributed by atoms with Gasteiger partial charge in [-0.2, -0.15) is 0 Å². The number of fused-ring (bicyclic) bond motifs is 1. The predicted molar refractivity (Wildman–Crippen MR) is 140 cm³/mol. The summed E-state index contributed by atoms with van der Waals surface area (Å²) in [4.78, 5) is 46.1. The third kappa shape index (κ3) is 4.32. The molecular formula is C24H30N7O3S+. The van der Waals surface area contributed by atoms with Crippen molar-refractivity contribution < 1.29 is 4.79 Å². The molecule has 4 rings (SSSR count). The highest BCUT2D eigenvalue weighted by atomic mass is 32.1. The molecule has 4 aromatic rings. The first-order valence-corrected chi connectivity index (χ1v) is 12.5. The fourth-order valence-corrected chi connectivity index (χ4v) is 5.20. The van der Waals surface area contributed by atoms with Gasteiger partial charge in [-0.25, -0.2) is 14.8 Å². The Morgan fingerprint density at radius 1 is 1.03 bits per heavy atom. The molecule has 0 saturated carbocycles. The van der Waals surface area contributed by atoms with Crippen molar-refractivity contribution in [2.75, 3.05) is 25.0 Å².